The van der Waals surface area contributed by atoms with Gasteiger partial charge in [0.05, 0.1) is 0 Å². The van der Waals surface area contributed by atoms with E-state index in [1.807, 2.05) is 35.2 Å². The summed E-state index contributed by atoms with van der Waals surface area (Å²) in [4.78, 5) is 14.5. The molecule has 0 spiro atoms. The Morgan fingerprint density at radius 1 is 1.12 bits per heavy atom. The smallest absolute Gasteiger partial charge is 0.321 e. The van der Waals surface area contributed by atoms with Gasteiger partial charge in [0.2, 0.25) is 0 Å². The number of benzene rings is 1. The summed E-state index contributed by atoms with van der Waals surface area (Å²) < 4.78 is 0. The van der Waals surface area contributed by atoms with Gasteiger partial charge in [0.25, 0.3) is 0 Å². The number of carbonyl (C=O) groups excluding carboxylic acids is 1. The highest BCUT2D eigenvalue weighted by atomic mass is 32.1. The number of amides is 2. The predicted octanol–water partition coefficient (Wildman–Crippen LogP) is 3.85. The average Bonchev–Trinajstić information content (AvgIpc) is 2.68. The van der Waals surface area contributed by atoms with Gasteiger partial charge in [0.1, 0.15) is 0 Å². The number of hydrogen-bond acceptors (Lipinski definition) is 2. The van der Waals surface area contributed by atoms with Gasteiger partial charge in [-0.2, -0.15) is 0 Å². The first-order chi connectivity index (χ1) is 12.7. The fourth-order valence-electron chi connectivity index (χ4n) is 3.67. The molecule has 6 heteroatoms. The predicted molar refractivity (Wildman–Crippen MR) is 110 cm³/mol. The lowest BCUT2D eigenvalue weighted by atomic mass is 9.85. The Morgan fingerprint density at radius 3 is 2.73 bits per heavy atom. The van der Waals surface area contributed by atoms with E-state index in [4.69, 9.17) is 12.2 Å². The van der Waals surface area contributed by atoms with Crippen molar-refractivity contribution in [1.82, 2.24) is 15.5 Å². The molecule has 1 fully saturated rings. The molecule has 1 unspecified atom stereocenters. The molecule has 1 aliphatic heterocycles. The van der Waals surface area contributed by atoms with Gasteiger partial charge in [-0.25, -0.2) is 4.79 Å². The lowest BCUT2D eigenvalue weighted by Crippen LogP contribution is -2.45. The fraction of sp³-hybridized carbons (Fsp3) is 0.500. The number of nitrogens with one attached hydrogen (secondary N) is 3. The molecule has 0 bridgehead atoms. The first-order valence-electron chi connectivity index (χ1n) is 9.59. The number of anilines is 1. The molecule has 5 nitrogen and oxygen atoms in total. The summed E-state index contributed by atoms with van der Waals surface area (Å²) in [5, 5.41) is 9.97. The molecular weight excluding hydrogens is 344 g/mol. The molecule has 1 aliphatic carbocycles. The van der Waals surface area contributed by atoms with Crippen LogP contribution in [0.1, 0.15) is 38.5 Å². The summed E-state index contributed by atoms with van der Waals surface area (Å²) in [6.07, 6.45) is 9.02. The minimum absolute atomic E-state index is 0.0489. The molecule has 0 radical (unpaired) electrons. The van der Waals surface area contributed by atoms with Crippen molar-refractivity contribution >= 4 is 29.0 Å². The van der Waals surface area contributed by atoms with Crippen molar-refractivity contribution in [2.45, 2.75) is 38.5 Å². The van der Waals surface area contributed by atoms with Gasteiger partial charge < -0.3 is 16.0 Å². The number of para-hydroxylation sites is 1. The second-order valence-corrected chi connectivity index (χ2v) is 7.29. The minimum atomic E-state index is 0.0489. The Bertz CT molecular complexity index is 646. The van der Waals surface area contributed by atoms with Gasteiger partial charge in [0, 0.05) is 31.0 Å². The third-order valence-electron chi connectivity index (χ3n) is 4.97. The summed E-state index contributed by atoms with van der Waals surface area (Å²) in [6.45, 7) is 2.22. The maximum absolute atomic E-state index is 12.5. The van der Waals surface area contributed by atoms with Crippen LogP contribution >= 0.6 is 12.2 Å². The topological polar surface area (TPSA) is 56.4 Å². The third-order valence-corrected chi connectivity index (χ3v) is 5.21. The molecule has 1 saturated heterocycles. The monoisotopic (exact) mass is 372 g/mol. The summed E-state index contributed by atoms with van der Waals surface area (Å²) in [5.74, 6) is 0.589. The minimum Gasteiger partial charge on any atom is -0.362 e. The second-order valence-electron chi connectivity index (χ2n) is 6.88. The SMILES string of the molecule is O=C(NCCCNC(=S)Nc1ccccc1)N1CCCC2CCCC=C21. The van der Waals surface area contributed by atoms with E-state index < -0.39 is 0 Å². The van der Waals surface area contributed by atoms with Crippen LogP contribution in [0.3, 0.4) is 0 Å². The molecule has 0 aromatic heterocycles. The number of thiocarbonyl (C=S) groups is 1. The number of carbonyl (C=O) groups is 1. The molecule has 2 amide bonds. The van der Waals surface area contributed by atoms with Crippen LogP contribution in [0.15, 0.2) is 42.1 Å². The van der Waals surface area contributed by atoms with Crippen LogP contribution in [-0.2, 0) is 0 Å². The Hall–Kier alpha value is -2.08. The quantitative estimate of drug-likeness (QED) is 0.543. The van der Waals surface area contributed by atoms with E-state index in [1.54, 1.807) is 0 Å². The largest absolute Gasteiger partial charge is 0.362 e. The number of fused-ring (bicyclic) bond motifs is 1. The lowest BCUT2D eigenvalue weighted by Gasteiger charge is -2.37. The van der Waals surface area contributed by atoms with Crippen molar-refractivity contribution in [2.75, 3.05) is 25.0 Å². The van der Waals surface area contributed by atoms with Crippen LogP contribution in [0, 0.1) is 5.92 Å². The molecule has 26 heavy (non-hydrogen) atoms. The van der Waals surface area contributed by atoms with E-state index in [9.17, 15) is 4.79 Å². The zero-order valence-electron chi connectivity index (χ0n) is 15.2. The zero-order valence-corrected chi connectivity index (χ0v) is 16.0. The average molecular weight is 373 g/mol. The highest BCUT2D eigenvalue weighted by molar-refractivity contribution is 7.80. The maximum Gasteiger partial charge on any atom is 0.321 e. The van der Waals surface area contributed by atoms with E-state index in [2.05, 4.69) is 22.0 Å². The van der Waals surface area contributed by atoms with E-state index in [1.165, 1.54) is 25.0 Å². The number of hydrogen-bond donors (Lipinski definition) is 3. The number of urea groups is 1. The first kappa shape index (κ1) is 18.7. The molecular formula is C20H28N4OS. The van der Waals surface area contributed by atoms with Crippen molar-refractivity contribution in [2.24, 2.45) is 5.92 Å². The van der Waals surface area contributed by atoms with E-state index in [0.29, 0.717) is 17.6 Å². The van der Waals surface area contributed by atoms with Gasteiger partial charge in [0.15, 0.2) is 5.11 Å². The van der Waals surface area contributed by atoms with Crippen LogP contribution in [0.4, 0.5) is 10.5 Å². The van der Waals surface area contributed by atoms with Gasteiger partial charge >= 0.3 is 6.03 Å². The molecule has 1 heterocycles. The molecule has 2 aliphatic rings. The van der Waals surface area contributed by atoms with Gasteiger partial charge in [-0.3, -0.25) is 4.90 Å². The second kappa shape index (κ2) is 9.57. The molecule has 1 aromatic rings. The Kier molecular flexibility index (Phi) is 6.89. The summed E-state index contributed by atoms with van der Waals surface area (Å²) in [7, 11) is 0. The number of likely N-dealkylation sites (tertiary alicyclic amines) is 1. The van der Waals surface area contributed by atoms with Crippen molar-refractivity contribution in [3.05, 3.63) is 42.1 Å². The van der Waals surface area contributed by atoms with Crippen LogP contribution in [0.5, 0.6) is 0 Å². The molecule has 3 N–H and O–H groups in total. The lowest BCUT2D eigenvalue weighted by molar-refractivity contribution is 0.187. The molecule has 3 rings (SSSR count). The third kappa shape index (κ3) is 5.21. The van der Waals surface area contributed by atoms with E-state index >= 15 is 0 Å². The van der Waals surface area contributed by atoms with Crippen LogP contribution in [0.2, 0.25) is 0 Å². The van der Waals surface area contributed by atoms with Crippen molar-refractivity contribution < 1.29 is 4.79 Å². The standard InChI is InChI=1S/C20H28N4OS/c25-20(24-15-6-9-16-8-4-5-12-18(16)24)22-14-7-13-21-19(26)23-17-10-2-1-3-11-17/h1-3,10-12,16H,4-9,13-15H2,(H,22,25)(H2,21,23,26). The fourth-order valence-corrected chi connectivity index (χ4v) is 3.89. The highest BCUT2D eigenvalue weighted by Crippen LogP contribution is 2.34. The van der Waals surface area contributed by atoms with E-state index in [0.717, 1.165) is 38.0 Å². The number of allylic oxidation sites excluding steroid dienone is 2. The van der Waals surface area contributed by atoms with Crippen LogP contribution in [-0.4, -0.2) is 35.7 Å². The van der Waals surface area contributed by atoms with Crippen LogP contribution < -0.4 is 16.0 Å². The van der Waals surface area contributed by atoms with Gasteiger partial charge in [-0.1, -0.05) is 24.3 Å². The summed E-state index contributed by atoms with van der Waals surface area (Å²) in [6, 6.07) is 9.90. The molecule has 1 aromatic carbocycles. The highest BCUT2D eigenvalue weighted by Gasteiger charge is 2.29. The van der Waals surface area contributed by atoms with E-state index in [-0.39, 0.29) is 6.03 Å². The van der Waals surface area contributed by atoms with Crippen molar-refractivity contribution in [1.29, 1.82) is 0 Å². The molecule has 0 saturated carbocycles. The number of piperidine rings is 1. The van der Waals surface area contributed by atoms with Gasteiger partial charge in [-0.15, -0.1) is 0 Å². The molecule has 1 atom stereocenters. The van der Waals surface area contributed by atoms with Crippen molar-refractivity contribution in [3.63, 3.8) is 0 Å². The zero-order chi connectivity index (χ0) is 18.2. The van der Waals surface area contributed by atoms with Gasteiger partial charge in [-0.05, 0) is 68.8 Å². The number of nitrogens with zero attached hydrogens (tertiary/aromatic N) is 1. The Labute approximate surface area is 161 Å². The van der Waals surface area contributed by atoms with Crippen molar-refractivity contribution in [3.8, 4) is 0 Å². The normalized spacial score (nSPS) is 19.2. The first-order valence-corrected chi connectivity index (χ1v) is 10.00. The summed E-state index contributed by atoms with van der Waals surface area (Å²) in [5.41, 5.74) is 2.23. The number of rotatable bonds is 5. The molecule has 140 valence electrons. The maximum atomic E-state index is 12.5. The Balaban J connectivity index is 1.34. The summed E-state index contributed by atoms with van der Waals surface area (Å²) >= 11 is 5.28. The Morgan fingerprint density at radius 2 is 1.88 bits per heavy atom. The van der Waals surface area contributed by atoms with Crippen LogP contribution in [0.25, 0.3) is 0 Å².